The second kappa shape index (κ2) is 12.2. The number of hydrogen-bond acceptors (Lipinski definition) is 8. The van der Waals surface area contributed by atoms with Crippen molar-refractivity contribution in [3.8, 4) is 11.3 Å². The molecule has 0 bridgehead atoms. The van der Waals surface area contributed by atoms with Crippen LogP contribution < -0.4 is 9.80 Å². The fourth-order valence-corrected chi connectivity index (χ4v) is 7.86. The average molecular weight is 648 g/mol. The van der Waals surface area contributed by atoms with E-state index < -0.39 is 11.2 Å². The summed E-state index contributed by atoms with van der Waals surface area (Å²) in [6.45, 7) is 20.0. The van der Waals surface area contributed by atoms with Gasteiger partial charge in [-0.2, -0.15) is 0 Å². The molecule has 0 atom stereocenters. The van der Waals surface area contributed by atoms with Crippen LogP contribution >= 0.6 is 11.3 Å². The van der Waals surface area contributed by atoms with Gasteiger partial charge in [0, 0.05) is 68.5 Å². The van der Waals surface area contributed by atoms with Gasteiger partial charge in [-0.15, -0.1) is 11.3 Å². The van der Waals surface area contributed by atoms with Gasteiger partial charge in [-0.3, -0.25) is 0 Å². The lowest BCUT2D eigenvalue weighted by molar-refractivity contribution is 0.0121. The lowest BCUT2D eigenvalue weighted by atomic mass is 9.78. The molecule has 3 aliphatic heterocycles. The van der Waals surface area contributed by atoms with Crippen molar-refractivity contribution in [3.05, 3.63) is 41.3 Å². The first kappa shape index (κ1) is 32.4. The Kier molecular flexibility index (Phi) is 8.63. The Bertz CT molecular complexity index is 1570. The molecule has 9 nitrogen and oxygen atoms in total. The van der Waals surface area contributed by atoms with Crippen LogP contribution in [0.25, 0.3) is 21.5 Å². The van der Waals surface area contributed by atoms with Gasteiger partial charge in [0.2, 0.25) is 0 Å². The van der Waals surface area contributed by atoms with E-state index in [0.717, 1.165) is 81.0 Å². The lowest BCUT2D eigenvalue weighted by Crippen LogP contribution is -2.50. The molecule has 2 amide bonds. The number of pyridine rings is 1. The van der Waals surface area contributed by atoms with Gasteiger partial charge in [0.1, 0.15) is 11.2 Å². The maximum absolute atomic E-state index is 12.7. The molecule has 248 valence electrons. The number of aryl methyl sites for hydroxylation is 1. The molecule has 3 saturated heterocycles. The molecule has 3 aliphatic rings. The molecule has 0 saturated carbocycles. The number of hydrogen-bond donors (Lipinski definition) is 0. The summed E-state index contributed by atoms with van der Waals surface area (Å²) in [6.07, 6.45) is 2.70. The van der Waals surface area contributed by atoms with Crippen LogP contribution in [0.5, 0.6) is 0 Å². The zero-order valence-corrected chi connectivity index (χ0v) is 29.3. The molecule has 1 spiro atoms. The number of ether oxygens (including phenoxy) is 2. The standard InChI is InChI=1S/C36H49N5O4S/c1-25-22-29-31(46-25)30(41-17-14-36(24-41)12-15-39(16-13-36)32(42)44-34(2,3)4)23-28(37-29)26-8-10-27(11-9-26)38-18-20-40(21-19-38)33(43)45-35(5,6)7/h8-11,22-23H,12-21,24H2,1-7H3. The Balaban J connectivity index is 1.14. The number of nitrogens with zero attached hydrogens (tertiary/aromatic N) is 5. The van der Waals surface area contributed by atoms with Crippen molar-refractivity contribution >= 4 is 45.1 Å². The molecular weight excluding hydrogens is 598 g/mol. The van der Waals surface area contributed by atoms with Gasteiger partial charge in [-0.1, -0.05) is 12.1 Å². The van der Waals surface area contributed by atoms with Gasteiger partial charge in [-0.25, -0.2) is 14.6 Å². The van der Waals surface area contributed by atoms with Gasteiger partial charge in [-0.05, 0) is 97.4 Å². The van der Waals surface area contributed by atoms with Crippen molar-refractivity contribution in [1.82, 2.24) is 14.8 Å². The quantitative estimate of drug-likeness (QED) is 0.290. The predicted molar refractivity (Wildman–Crippen MR) is 186 cm³/mol. The van der Waals surface area contributed by atoms with E-state index in [4.69, 9.17) is 14.5 Å². The molecular formula is C36H49N5O4S. The van der Waals surface area contributed by atoms with Crippen molar-refractivity contribution < 1.29 is 19.1 Å². The number of rotatable bonds is 3. The summed E-state index contributed by atoms with van der Waals surface area (Å²) < 4.78 is 12.5. The van der Waals surface area contributed by atoms with Gasteiger partial charge in [0.25, 0.3) is 0 Å². The molecule has 5 heterocycles. The highest BCUT2D eigenvalue weighted by atomic mass is 32.1. The predicted octanol–water partition coefficient (Wildman–Crippen LogP) is 7.56. The van der Waals surface area contributed by atoms with E-state index in [2.05, 4.69) is 53.1 Å². The molecule has 0 aliphatic carbocycles. The third kappa shape index (κ3) is 7.22. The van der Waals surface area contributed by atoms with Crippen molar-refractivity contribution in [3.63, 3.8) is 0 Å². The Morgan fingerprint density at radius 3 is 1.91 bits per heavy atom. The highest BCUT2D eigenvalue weighted by Crippen LogP contribution is 2.45. The molecule has 3 aromatic rings. The average Bonchev–Trinajstić information content (AvgIpc) is 3.58. The number of fused-ring (bicyclic) bond motifs is 1. The Hall–Kier alpha value is -3.53. The van der Waals surface area contributed by atoms with Gasteiger partial charge < -0.3 is 29.1 Å². The summed E-state index contributed by atoms with van der Waals surface area (Å²) in [7, 11) is 0. The summed E-state index contributed by atoms with van der Waals surface area (Å²) in [4.78, 5) is 40.1. The fraction of sp³-hybridized carbons (Fsp3) is 0.583. The highest BCUT2D eigenvalue weighted by molar-refractivity contribution is 7.19. The zero-order valence-electron chi connectivity index (χ0n) is 28.5. The fourth-order valence-electron chi connectivity index (χ4n) is 6.86. The minimum Gasteiger partial charge on any atom is -0.444 e. The largest absolute Gasteiger partial charge is 0.444 e. The maximum Gasteiger partial charge on any atom is 0.410 e. The van der Waals surface area contributed by atoms with Crippen molar-refractivity contribution in [2.75, 3.05) is 62.2 Å². The van der Waals surface area contributed by atoms with Crippen molar-refractivity contribution in [2.45, 2.75) is 78.9 Å². The minimum absolute atomic E-state index is 0.194. The van der Waals surface area contributed by atoms with E-state index in [0.29, 0.717) is 13.1 Å². The number of thiophene rings is 1. The van der Waals surface area contributed by atoms with E-state index in [1.807, 2.05) is 57.8 Å². The van der Waals surface area contributed by atoms with E-state index in [1.54, 1.807) is 4.90 Å². The van der Waals surface area contributed by atoms with Crippen LogP contribution in [0.3, 0.4) is 0 Å². The molecule has 2 aromatic heterocycles. The number of amides is 2. The van der Waals surface area contributed by atoms with Crippen molar-refractivity contribution in [1.29, 1.82) is 0 Å². The first-order valence-electron chi connectivity index (χ1n) is 16.6. The number of carbonyl (C=O) groups excluding carboxylic acids is 2. The maximum atomic E-state index is 12.7. The lowest BCUT2D eigenvalue weighted by Gasteiger charge is -2.39. The second-order valence-electron chi connectivity index (χ2n) is 15.2. The Labute approximate surface area is 277 Å². The molecule has 0 N–H and O–H groups in total. The Morgan fingerprint density at radius 2 is 1.33 bits per heavy atom. The van der Waals surface area contributed by atoms with Crippen LogP contribution in [0.4, 0.5) is 21.0 Å². The summed E-state index contributed by atoms with van der Waals surface area (Å²) in [6, 6.07) is 13.2. The first-order chi connectivity index (χ1) is 21.7. The topological polar surface area (TPSA) is 78.5 Å². The van der Waals surface area contributed by atoms with Crippen LogP contribution in [-0.2, 0) is 9.47 Å². The SMILES string of the molecule is Cc1cc2nc(-c3ccc(N4CCN(C(=O)OC(C)(C)C)CC4)cc3)cc(N3CCC4(CCN(C(=O)OC(C)(C)C)CC4)C3)c2s1. The zero-order chi connectivity index (χ0) is 32.9. The number of carbonyl (C=O) groups is 2. The monoisotopic (exact) mass is 647 g/mol. The first-order valence-corrected chi connectivity index (χ1v) is 17.5. The number of benzene rings is 1. The summed E-state index contributed by atoms with van der Waals surface area (Å²) >= 11 is 1.82. The smallest absolute Gasteiger partial charge is 0.410 e. The van der Waals surface area contributed by atoms with Gasteiger partial charge >= 0.3 is 12.2 Å². The Morgan fingerprint density at radius 1 is 0.761 bits per heavy atom. The molecule has 0 radical (unpaired) electrons. The van der Waals surface area contributed by atoms with Crippen LogP contribution in [0.1, 0.15) is 65.7 Å². The van der Waals surface area contributed by atoms with Gasteiger partial charge in [0.05, 0.1) is 21.6 Å². The third-order valence-corrected chi connectivity index (χ3v) is 10.4. The molecule has 10 heteroatoms. The molecule has 6 rings (SSSR count). The van der Waals surface area contributed by atoms with E-state index in [-0.39, 0.29) is 17.6 Å². The summed E-state index contributed by atoms with van der Waals surface area (Å²) in [5.74, 6) is 0. The number of anilines is 2. The van der Waals surface area contributed by atoms with Crippen molar-refractivity contribution in [2.24, 2.45) is 5.41 Å². The third-order valence-electron chi connectivity index (χ3n) is 9.30. The molecule has 46 heavy (non-hydrogen) atoms. The van der Waals surface area contributed by atoms with Gasteiger partial charge in [0.15, 0.2) is 0 Å². The van der Waals surface area contributed by atoms with Crippen LogP contribution in [-0.4, -0.2) is 90.5 Å². The second-order valence-corrected chi connectivity index (χ2v) is 16.5. The van der Waals surface area contributed by atoms with Crippen LogP contribution in [0.15, 0.2) is 36.4 Å². The molecule has 0 unspecified atom stereocenters. The number of piperidine rings is 1. The van der Waals surface area contributed by atoms with Crippen LogP contribution in [0.2, 0.25) is 0 Å². The summed E-state index contributed by atoms with van der Waals surface area (Å²) in [5.41, 5.74) is 4.82. The van der Waals surface area contributed by atoms with E-state index in [1.165, 1.54) is 15.3 Å². The van der Waals surface area contributed by atoms with E-state index in [9.17, 15) is 9.59 Å². The molecule has 3 fully saturated rings. The van der Waals surface area contributed by atoms with E-state index >= 15 is 0 Å². The normalized spacial score (nSPS) is 18.8. The van der Waals surface area contributed by atoms with Crippen LogP contribution in [0, 0.1) is 12.3 Å². The highest BCUT2D eigenvalue weighted by Gasteiger charge is 2.42. The number of piperazine rings is 1. The molecule has 1 aromatic carbocycles. The minimum atomic E-state index is -0.486. The number of aromatic nitrogens is 1. The summed E-state index contributed by atoms with van der Waals surface area (Å²) in [5, 5.41) is 0. The number of likely N-dealkylation sites (tertiary alicyclic amines) is 1.